The molecule has 0 aliphatic heterocycles. The van der Waals surface area contributed by atoms with Crippen LogP contribution in [0.4, 0.5) is 0 Å². The third kappa shape index (κ3) is 1.16. The number of carboxylic acids is 1. The Labute approximate surface area is 74.6 Å². The summed E-state index contributed by atoms with van der Waals surface area (Å²) in [7, 11) is 0. The van der Waals surface area contributed by atoms with E-state index in [4.69, 9.17) is 5.11 Å². The van der Waals surface area contributed by atoms with Crippen molar-refractivity contribution in [3.05, 3.63) is 11.4 Å². The fourth-order valence-electron chi connectivity index (χ4n) is 1.33. The predicted molar refractivity (Wildman–Crippen MR) is 43.9 cm³/mol. The Balaban J connectivity index is 2.48. The largest absolute Gasteiger partial charge is 0.504 e. The molecule has 1 aromatic heterocycles. The molecule has 1 aliphatic rings. The number of hydrogen-bond acceptors (Lipinski definition) is 3. The Hall–Kier alpha value is -1.52. The molecule has 1 aromatic rings. The highest BCUT2D eigenvalue weighted by Crippen LogP contribution is 2.37. The Morgan fingerprint density at radius 1 is 1.62 bits per heavy atom. The molecule has 1 aliphatic carbocycles. The third-order valence-electron chi connectivity index (χ3n) is 2.21. The van der Waals surface area contributed by atoms with Gasteiger partial charge >= 0.3 is 5.97 Å². The lowest BCUT2D eigenvalue weighted by Gasteiger charge is -1.98. The molecule has 0 atom stereocenters. The number of aromatic nitrogens is 2. The third-order valence-corrected chi connectivity index (χ3v) is 2.21. The quantitative estimate of drug-likeness (QED) is 0.713. The minimum atomic E-state index is -1.18. The summed E-state index contributed by atoms with van der Waals surface area (Å²) < 4.78 is 1.60. The lowest BCUT2D eigenvalue weighted by molar-refractivity contribution is 0.0686. The molecule has 1 saturated carbocycles. The molecule has 0 amide bonds. The van der Waals surface area contributed by atoms with Gasteiger partial charge < -0.3 is 10.2 Å². The van der Waals surface area contributed by atoms with Crippen LogP contribution in [-0.4, -0.2) is 26.0 Å². The Bertz CT molecular complexity index is 366. The maximum atomic E-state index is 10.6. The van der Waals surface area contributed by atoms with E-state index in [1.54, 1.807) is 11.6 Å². The van der Waals surface area contributed by atoms with Crippen molar-refractivity contribution in [2.24, 2.45) is 0 Å². The summed E-state index contributed by atoms with van der Waals surface area (Å²) in [6.45, 7) is 1.67. The summed E-state index contributed by atoms with van der Waals surface area (Å²) in [5.74, 6) is -1.39. The first-order valence-electron chi connectivity index (χ1n) is 4.12. The van der Waals surface area contributed by atoms with Crippen molar-refractivity contribution < 1.29 is 15.0 Å². The number of aromatic hydroxyl groups is 1. The molecule has 5 heteroatoms. The van der Waals surface area contributed by atoms with E-state index in [0.29, 0.717) is 11.7 Å². The van der Waals surface area contributed by atoms with E-state index in [2.05, 4.69) is 5.10 Å². The van der Waals surface area contributed by atoms with Crippen molar-refractivity contribution >= 4 is 5.97 Å². The molecule has 0 aromatic carbocycles. The van der Waals surface area contributed by atoms with Gasteiger partial charge in [0.25, 0.3) is 0 Å². The second-order valence-electron chi connectivity index (χ2n) is 3.26. The maximum absolute atomic E-state index is 10.6. The predicted octanol–water partition coefficient (Wildman–Crippen LogP) is 0.930. The summed E-state index contributed by atoms with van der Waals surface area (Å²) in [6.07, 6.45) is 2.03. The fraction of sp³-hybridized carbons (Fsp3) is 0.500. The Morgan fingerprint density at radius 3 is 2.62 bits per heavy atom. The molecule has 1 fully saturated rings. The summed E-state index contributed by atoms with van der Waals surface area (Å²) >= 11 is 0. The number of aromatic carboxylic acids is 1. The van der Waals surface area contributed by atoms with E-state index < -0.39 is 5.97 Å². The van der Waals surface area contributed by atoms with Crippen LogP contribution in [0.25, 0.3) is 0 Å². The zero-order chi connectivity index (χ0) is 9.59. The lowest BCUT2D eigenvalue weighted by atomic mass is 10.3. The molecule has 2 rings (SSSR count). The zero-order valence-electron chi connectivity index (χ0n) is 7.19. The smallest absolute Gasteiger partial charge is 0.360 e. The number of carboxylic acid groups (broad SMARTS) is 1. The second kappa shape index (κ2) is 2.48. The van der Waals surface area contributed by atoms with E-state index in [1.165, 1.54) is 0 Å². The molecule has 5 nitrogen and oxygen atoms in total. The van der Waals surface area contributed by atoms with Crippen LogP contribution >= 0.6 is 0 Å². The monoisotopic (exact) mass is 182 g/mol. The van der Waals surface area contributed by atoms with Crippen molar-refractivity contribution in [3.8, 4) is 5.75 Å². The van der Waals surface area contributed by atoms with Gasteiger partial charge in [0, 0.05) is 0 Å². The van der Waals surface area contributed by atoms with Gasteiger partial charge in [0.05, 0.1) is 11.7 Å². The van der Waals surface area contributed by atoms with Crippen LogP contribution in [0, 0.1) is 6.92 Å². The van der Waals surface area contributed by atoms with Crippen LogP contribution in [0.5, 0.6) is 5.75 Å². The van der Waals surface area contributed by atoms with Crippen molar-refractivity contribution in [2.45, 2.75) is 25.8 Å². The highest BCUT2D eigenvalue weighted by atomic mass is 16.4. The van der Waals surface area contributed by atoms with Gasteiger partial charge in [-0.15, -0.1) is 0 Å². The first-order chi connectivity index (χ1) is 6.11. The van der Waals surface area contributed by atoms with E-state index in [0.717, 1.165) is 12.8 Å². The number of rotatable bonds is 2. The standard InChI is InChI=1S/C8H10N2O3/c1-4-7(11)6(8(12)13)9-10(4)5-2-3-5/h5,11H,2-3H2,1H3,(H,12,13). The SMILES string of the molecule is Cc1c(O)c(C(=O)O)nn1C1CC1. The highest BCUT2D eigenvalue weighted by Gasteiger charge is 2.30. The molecule has 0 saturated heterocycles. The summed E-state index contributed by atoms with van der Waals surface area (Å²) in [5.41, 5.74) is 0.296. The van der Waals surface area contributed by atoms with E-state index in [-0.39, 0.29) is 11.4 Å². The fourth-order valence-corrected chi connectivity index (χ4v) is 1.33. The van der Waals surface area contributed by atoms with Crippen LogP contribution in [0.15, 0.2) is 0 Å². The highest BCUT2D eigenvalue weighted by molar-refractivity contribution is 5.88. The van der Waals surface area contributed by atoms with Gasteiger partial charge in [-0.05, 0) is 19.8 Å². The van der Waals surface area contributed by atoms with Crippen molar-refractivity contribution in [2.75, 3.05) is 0 Å². The van der Waals surface area contributed by atoms with Crippen molar-refractivity contribution in [1.29, 1.82) is 0 Å². The van der Waals surface area contributed by atoms with E-state index in [9.17, 15) is 9.90 Å². The summed E-state index contributed by atoms with van der Waals surface area (Å²) in [5, 5.41) is 21.9. The molecular formula is C8H10N2O3. The molecular weight excluding hydrogens is 172 g/mol. The van der Waals surface area contributed by atoms with Gasteiger partial charge in [-0.3, -0.25) is 4.68 Å². The normalized spacial score (nSPS) is 16.1. The summed E-state index contributed by atoms with van der Waals surface area (Å²) in [6, 6.07) is 0.291. The minimum absolute atomic E-state index is 0.209. The first-order valence-corrected chi connectivity index (χ1v) is 4.12. The topological polar surface area (TPSA) is 75.3 Å². The summed E-state index contributed by atoms with van der Waals surface area (Å²) in [4.78, 5) is 10.6. The van der Waals surface area contributed by atoms with Crippen LogP contribution in [0.3, 0.4) is 0 Å². The van der Waals surface area contributed by atoms with Gasteiger partial charge in [-0.1, -0.05) is 0 Å². The first kappa shape index (κ1) is 8.10. The molecule has 0 bridgehead atoms. The second-order valence-corrected chi connectivity index (χ2v) is 3.26. The zero-order valence-corrected chi connectivity index (χ0v) is 7.19. The van der Waals surface area contributed by atoms with Crippen molar-refractivity contribution in [3.63, 3.8) is 0 Å². The Kier molecular flexibility index (Phi) is 1.55. The van der Waals surface area contributed by atoms with Gasteiger partial charge in [-0.2, -0.15) is 5.10 Å². The van der Waals surface area contributed by atoms with Gasteiger partial charge in [-0.25, -0.2) is 4.79 Å². The molecule has 70 valence electrons. The number of nitrogens with zero attached hydrogens (tertiary/aromatic N) is 2. The van der Waals surface area contributed by atoms with Crippen LogP contribution in [0.1, 0.15) is 35.1 Å². The van der Waals surface area contributed by atoms with E-state index >= 15 is 0 Å². The number of hydrogen-bond donors (Lipinski definition) is 2. The van der Waals surface area contributed by atoms with Gasteiger partial charge in [0.2, 0.25) is 5.69 Å². The van der Waals surface area contributed by atoms with Crippen LogP contribution < -0.4 is 0 Å². The Morgan fingerprint density at radius 2 is 2.23 bits per heavy atom. The molecule has 0 unspecified atom stereocenters. The molecule has 0 spiro atoms. The molecule has 1 heterocycles. The van der Waals surface area contributed by atoms with Crippen molar-refractivity contribution in [1.82, 2.24) is 9.78 Å². The minimum Gasteiger partial charge on any atom is -0.504 e. The van der Waals surface area contributed by atoms with Gasteiger partial charge in [0.15, 0.2) is 5.75 Å². The molecule has 2 N–H and O–H groups in total. The van der Waals surface area contributed by atoms with Gasteiger partial charge in [0.1, 0.15) is 0 Å². The average Bonchev–Trinajstić information content (AvgIpc) is 2.83. The maximum Gasteiger partial charge on any atom is 0.360 e. The van der Waals surface area contributed by atoms with Crippen LogP contribution in [0.2, 0.25) is 0 Å². The molecule has 0 radical (unpaired) electrons. The number of carbonyl (C=O) groups is 1. The van der Waals surface area contributed by atoms with E-state index in [1.807, 2.05) is 0 Å². The average molecular weight is 182 g/mol. The van der Waals surface area contributed by atoms with Crippen LogP contribution in [-0.2, 0) is 0 Å². The molecule has 13 heavy (non-hydrogen) atoms. The lowest BCUT2D eigenvalue weighted by Crippen LogP contribution is -2.02.